The number of carbonyl (C=O) groups excluding carboxylic acids is 1. The van der Waals surface area contributed by atoms with E-state index in [0.29, 0.717) is 11.3 Å². The first kappa shape index (κ1) is 13.6. The number of amides is 1. The zero-order valence-corrected chi connectivity index (χ0v) is 11.9. The molecule has 3 rings (SSSR count). The Labute approximate surface area is 123 Å². The SMILES string of the molecule is Cc1cc(F)cc(NC(=O)c2cccc3c2CCCN3)c1. The van der Waals surface area contributed by atoms with E-state index in [9.17, 15) is 9.18 Å². The summed E-state index contributed by atoms with van der Waals surface area (Å²) in [5.74, 6) is -0.539. The number of benzene rings is 2. The number of hydrogen-bond donors (Lipinski definition) is 2. The molecule has 0 fully saturated rings. The van der Waals surface area contributed by atoms with Crippen molar-refractivity contribution < 1.29 is 9.18 Å². The summed E-state index contributed by atoms with van der Waals surface area (Å²) in [6, 6.07) is 10.2. The minimum atomic E-state index is -0.345. The molecule has 1 aliphatic rings. The van der Waals surface area contributed by atoms with Gasteiger partial charge in [-0.2, -0.15) is 0 Å². The first-order chi connectivity index (χ1) is 10.1. The summed E-state index contributed by atoms with van der Waals surface area (Å²) < 4.78 is 13.4. The van der Waals surface area contributed by atoms with Crippen LogP contribution in [0.2, 0.25) is 0 Å². The van der Waals surface area contributed by atoms with Crippen molar-refractivity contribution in [3.05, 3.63) is 58.9 Å². The molecule has 1 amide bonds. The molecule has 3 nitrogen and oxygen atoms in total. The van der Waals surface area contributed by atoms with Crippen LogP contribution < -0.4 is 10.6 Å². The van der Waals surface area contributed by atoms with Gasteiger partial charge in [-0.05, 0) is 61.2 Å². The first-order valence-corrected chi connectivity index (χ1v) is 7.08. The molecule has 0 saturated heterocycles. The van der Waals surface area contributed by atoms with E-state index in [1.807, 2.05) is 18.2 Å². The maximum Gasteiger partial charge on any atom is 0.256 e. The van der Waals surface area contributed by atoms with Crippen molar-refractivity contribution in [2.45, 2.75) is 19.8 Å². The van der Waals surface area contributed by atoms with E-state index in [2.05, 4.69) is 10.6 Å². The van der Waals surface area contributed by atoms with E-state index in [-0.39, 0.29) is 11.7 Å². The van der Waals surface area contributed by atoms with E-state index in [1.165, 1.54) is 12.1 Å². The largest absolute Gasteiger partial charge is 0.385 e. The lowest BCUT2D eigenvalue weighted by Crippen LogP contribution is -2.19. The Bertz CT molecular complexity index is 677. The molecule has 4 heteroatoms. The average molecular weight is 284 g/mol. The van der Waals surface area contributed by atoms with Gasteiger partial charge in [-0.25, -0.2) is 4.39 Å². The third kappa shape index (κ3) is 2.89. The third-order valence-corrected chi connectivity index (χ3v) is 3.64. The second-order valence-corrected chi connectivity index (χ2v) is 5.33. The lowest BCUT2D eigenvalue weighted by molar-refractivity contribution is 0.102. The van der Waals surface area contributed by atoms with E-state index in [1.54, 1.807) is 13.0 Å². The maximum atomic E-state index is 13.4. The molecule has 0 saturated carbocycles. The highest BCUT2D eigenvalue weighted by Gasteiger charge is 2.17. The Morgan fingerprint density at radius 2 is 2.14 bits per heavy atom. The number of nitrogens with one attached hydrogen (secondary N) is 2. The molecule has 0 atom stereocenters. The molecule has 2 aromatic carbocycles. The van der Waals surface area contributed by atoms with Crippen LogP contribution in [0.3, 0.4) is 0 Å². The molecule has 1 heterocycles. The van der Waals surface area contributed by atoms with Crippen molar-refractivity contribution in [3.8, 4) is 0 Å². The Hall–Kier alpha value is -2.36. The summed E-state index contributed by atoms with van der Waals surface area (Å²) in [7, 11) is 0. The fourth-order valence-corrected chi connectivity index (χ4v) is 2.73. The predicted octanol–water partition coefficient (Wildman–Crippen LogP) is 3.74. The molecule has 1 aliphatic heterocycles. The van der Waals surface area contributed by atoms with E-state index < -0.39 is 0 Å². The van der Waals surface area contributed by atoms with Crippen molar-refractivity contribution in [2.75, 3.05) is 17.2 Å². The minimum Gasteiger partial charge on any atom is -0.385 e. The highest BCUT2D eigenvalue weighted by Crippen LogP contribution is 2.26. The molecular weight excluding hydrogens is 267 g/mol. The van der Waals surface area contributed by atoms with E-state index in [0.717, 1.165) is 36.2 Å². The normalized spacial score (nSPS) is 13.2. The van der Waals surface area contributed by atoms with Gasteiger partial charge in [-0.1, -0.05) is 6.07 Å². The van der Waals surface area contributed by atoms with Gasteiger partial charge in [0.25, 0.3) is 5.91 Å². The molecule has 0 spiro atoms. The summed E-state index contributed by atoms with van der Waals surface area (Å²) in [5, 5.41) is 6.08. The van der Waals surface area contributed by atoms with Crippen LogP contribution in [0.5, 0.6) is 0 Å². The standard InChI is InChI=1S/C17H17FN2O/c1-11-8-12(18)10-13(9-11)20-17(21)15-4-2-6-16-14(15)5-3-7-19-16/h2,4,6,8-10,19H,3,5,7H2,1H3,(H,20,21). The Kier molecular flexibility index (Phi) is 3.60. The van der Waals surface area contributed by atoms with Crippen LogP contribution in [-0.4, -0.2) is 12.5 Å². The number of rotatable bonds is 2. The van der Waals surface area contributed by atoms with E-state index >= 15 is 0 Å². The molecule has 0 bridgehead atoms. The van der Waals surface area contributed by atoms with Crippen molar-refractivity contribution in [1.29, 1.82) is 0 Å². The Morgan fingerprint density at radius 1 is 1.29 bits per heavy atom. The Morgan fingerprint density at radius 3 is 2.95 bits per heavy atom. The second-order valence-electron chi connectivity index (χ2n) is 5.33. The van der Waals surface area contributed by atoms with Crippen LogP contribution >= 0.6 is 0 Å². The smallest absolute Gasteiger partial charge is 0.256 e. The number of hydrogen-bond acceptors (Lipinski definition) is 2. The molecule has 0 radical (unpaired) electrons. The number of fused-ring (bicyclic) bond motifs is 1. The summed E-state index contributed by atoms with van der Waals surface area (Å²) in [6.07, 6.45) is 1.89. The number of aryl methyl sites for hydroxylation is 1. The number of anilines is 2. The summed E-state index contributed by atoms with van der Waals surface area (Å²) in [5.41, 5.74) is 3.97. The van der Waals surface area contributed by atoms with Crippen LogP contribution in [0.4, 0.5) is 15.8 Å². The molecule has 0 unspecified atom stereocenters. The molecule has 0 aromatic heterocycles. The molecule has 21 heavy (non-hydrogen) atoms. The van der Waals surface area contributed by atoms with Gasteiger partial charge >= 0.3 is 0 Å². The van der Waals surface area contributed by atoms with Crippen molar-refractivity contribution in [3.63, 3.8) is 0 Å². The van der Waals surface area contributed by atoms with Crippen molar-refractivity contribution >= 4 is 17.3 Å². The van der Waals surface area contributed by atoms with Gasteiger partial charge in [0.15, 0.2) is 0 Å². The van der Waals surface area contributed by atoms with Gasteiger partial charge in [0, 0.05) is 23.5 Å². The van der Waals surface area contributed by atoms with Crippen LogP contribution in [0.25, 0.3) is 0 Å². The molecule has 2 aromatic rings. The van der Waals surface area contributed by atoms with Gasteiger partial charge in [0.2, 0.25) is 0 Å². The zero-order valence-electron chi connectivity index (χ0n) is 11.9. The third-order valence-electron chi connectivity index (χ3n) is 3.64. The van der Waals surface area contributed by atoms with Crippen LogP contribution in [0.15, 0.2) is 36.4 Å². The number of halogens is 1. The first-order valence-electron chi connectivity index (χ1n) is 7.08. The van der Waals surface area contributed by atoms with Crippen LogP contribution in [0, 0.1) is 12.7 Å². The summed E-state index contributed by atoms with van der Waals surface area (Å²) in [4.78, 5) is 12.4. The molecule has 2 N–H and O–H groups in total. The minimum absolute atomic E-state index is 0.194. The van der Waals surface area contributed by atoms with Gasteiger partial charge in [0.05, 0.1) is 0 Å². The maximum absolute atomic E-state index is 13.4. The predicted molar refractivity (Wildman–Crippen MR) is 82.3 cm³/mol. The summed E-state index contributed by atoms with van der Waals surface area (Å²) >= 11 is 0. The quantitative estimate of drug-likeness (QED) is 0.882. The van der Waals surface area contributed by atoms with Crippen LogP contribution in [-0.2, 0) is 6.42 Å². The van der Waals surface area contributed by atoms with Gasteiger partial charge < -0.3 is 10.6 Å². The van der Waals surface area contributed by atoms with Gasteiger partial charge in [-0.15, -0.1) is 0 Å². The van der Waals surface area contributed by atoms with Crippen LogP contribution in [0.1, 0.15) is 27.9 Å². The highest BCUT2D eigenvalue weighted by molar-refractivity contribution is 6.06. The van der Waals surface area contributed by atoms with Crippen molar-refractivity contribution in [2.24, 2.45) is 0 Å². The molecule has 0 aliphatic carbocycles. The second kappa shape index (κ2) is 5.56. The van der Waals surface area contributed by atoms with Gasteiger partial charge in [0.1, 0.15) is 5.82 Å². The van der Waals surface area contributed by atoms with E-state index in [4.69, 9.17) is 0 Å². The highest BCUT2D eigenvalue weighted by atomic mass is 19.1. The summed E-state index contributed by atoms with van der Waals surface area (Å²) in [6.45, 7) is 2.73. The Balaban J connectivity index is 1.89. The molecule has 108 valence electrons. The lowest BCUT2D eigenvalue weighted by atomic mass is 9.97. The topological polar surface area (TPSA) is 41.1 Å². The lowest BCUT2D eigenvalue weighted by Gasteiger charge is -2.20. The zero-order chi connectivity index (χ0) is 14.8. The fraction of sp³-hybridized carbons (Fsp3) is 0.235. The monoisotopic (exact) mass is 284 g/mol. The number of carbonyl (C=O) groups is 1. The van der Waals surface area contributed by atoms with Gasteiger partial charge in [-0.3, -0.25) is 4.79 Å². The average Bonchev–Trinajstić information content (AvgIpc) is 2.45. The van der Waals surface area contributed by atoms with Crippen molar-refractivity contribution in [1.82, 2.24) is 0 Å². The fourth-order valence-electron chi connectivity index (χ4n) is 2.73. The molecular formula is C17H17FN2O.